The van der Waals surface area contributed by atoms with Crippen molar-refractivity contribution in [1.82, 2.24) is 9.78 Å². The topological polar surface area (TPSA) is 137 Å². The van der Waals surface area contributed by atoms with Gasteiger partial charge < -0.3 is 16.2 Å². The fraction of sp³-hybridized carbons (Fsp3) is 0.583. The number of carbonyl (C=O) groups is 1. The molecule has 204 valence electrons. The van der Waals surface area contributed by atoms with Crippen molar-refractivity contribution < 1.29 is 26.9 Å². The summed E-state index contributed by atoms with van der Waals surface area (Å²) in [6.07, 6.45) is 4.60. The molecule has 1 aromatic heterocycles. The van der Waals surface area contributed by atoms with Crippen LogP contribution in [0.15, 0.2) is 18.2 Å². The smallest absolute Gasteiger partial charge is 0.264 e. The van der Waals surface area contributed by atoms with Crippen LogP contribution in [-0.2, 0) is 21.3 Å². The summed E-state index contributed by atoms with van der Waals surface area (Å²) in [7, 11) is -1.73. The number of nitrogens with two attached hydrogens (primary N) is 1. The van der Waals surface area contributed by atoms with Crippen LogP contribution < -0.4 is 11.1 Å². The summed E-state index contributed by atoms with van der Waals surface area (Å²) in [5.74, 6) is 1.24. The van der Waals surface area contributed by atoms with Gasteiger partial charge in [0.2, 0.25) is 0 Å². The summed E-state index contributed by atoms with van der Waals surface area (Å²) in [6.45, 7) is 0.147. The molecule has 2 aromatic rings. The third-order valence-electron chi connectivity index (χ3n) is 7.14. The number of amides is 1. The summed E-state index contributed by atoms with van der Waals surface area (Å²) < 4.78 is 41.8. The average Bonchev–Trinajstić information content (AvgIpc) is 3.42. The molecule has 4 N–H and O–H groups in total. The predicted molar refractivity (Wildman–Crippen MR) is 143 cm³/mol. The summed E-state index contributed by atoms with van der Waals surface area (Å²) >= 11 is 7.45. The van der Waals surface area contributed by atoms with E-state index in [1.807, 2.05) is 0 Å². The lowest BCUT2D eigenvalue weighted by atomic mass is 9.92. The van der Waals surface area contributed by atoms with Gasteiger partial charge in [-0.05, 0) is 67.9 Å². The number of nitrogens with zero attached hydrogens (tertiary/aromatic N) is 2. The number of aromatic nitrogens is 2. The minimum Gasteiger partial charge on any atom is -0.389 e. The van der Waals surface area contributed by atoms with Crippen molar-refractivity contribution >= 4 is 50.9 Å². The highest BCUT2D eigenvalue weighted by Gasteiger charge is 2.49. The van der Waals surface area contributed by atoms with E-state index < -0.39 is 27.4 Å². The number of fused-ring (bicyclic) bond motifs is 1. The molecule has 2 atom stereocenters. The maximum atomic E-state index is 13.5. The second-order valence-electron chi connectivity index (χ2n) is 10.1. The van der Waals surface area contributed by atoms with Crippen LogP contribution in [0.3, 0.4) is 0 Å². The Morgan fingerprint density at radius 3 is 2.68 bits per heavy atom. The van der Waals surface area contributed by atoms with Gasteiger partial charge >= 0.3 is 0 Å². The number of halogens is 2. The minimum absolute atomic E-state index is 0.0430. The lowest BCUT2D eigenvalue weighted by Gasteiger charge is -2.24. The van der Waals surface area contributed by atoms with E-state index in [0.717, 1.165) is 19.1 Å². The molecule has 2 fully saturated rings. The number of nitrogen functional groups attached to an aromatic ring is 1. The SMILES string of the molecule is Cn1nc(C2CC3CC(O)(CSCCCOS(C)(=O)=O)CC3C2)c(C(=O)Nc2ccc(F)c(Cl)c2)c1N. The number of benzene rings is 1. The molecule has 2 aliphatic rings. The van der Waals surface area contributed by atoms with Crippen LogP contribution in [0, 0.1) is 17.7 Å². The predicted octanol–water partition coefficient (Wildman–Crippen LogP) is 3.78. The quantitative estimate of drug-likeness (QED) is 0.288. The van der Waals surface area contributed by atoms with E-state index >= 15 is 0 Å². The Hall–Kier alpha value is -1.86. The summed E-state index contributed by atoms with van der Waals surface area (Å²) in [5.41, 5.74) is 6.78. The molecule has 0 saturated heterocycles. The van der Waals surface area contributed by atoms with Gasteiger partial charge in [-0.1, -0.05) is 11.6 Å². The number of aliphatic hydroxyl groups is 1. The maximum Gasteiger partial charge on any atom is 0.264 e. The number of aryl methyl sites for hydroxylation is 1. The molecule has 1 heterocycles. The molecule has 2 unspecified atom stereocenters. The molecule has 2 saturated carbocycles. The van der Waals surface area contributed by atoms with E-state index in [1.165, 1.54) is 22.9 Å². The van der Waals surface area contributed by atoms with Gasteiger partial charge in [0.05, 0.1) is 29.2 Å². The number of rotatable bonds is 10. The first-order chi connectivity index (χ1) is 17.3. The van der Waals surface area contributed by atoms with Crippen molar-refractivity contribution in [2.75, 3.05) is 35.4 Å². The zero-order valence-electron chi connectivity index (χ0n) is 20.7. The van der Waals surface area contributed by atoms with E-state index in [4.69, 9.17) is 21.5 Å². The summed E-state index contributed by atoms with van der Waals surface area (Å²) in [6, 6.07) is 3.97. The molecule has 2 aliphatic carbocycles. The van der Waals surface area contributed by atoms with Crippen molar-refractivity contribution in [3.05, 3.63) is 40.3 Å². The first-order valence-electron chi connectivity index (χ1n) is 12.1. The van der Waals surface area contributed by atoms with Crippen LogP contribution in [-0.4, -0.2) is 59.2 Å². The third kappa shape index (κ3) is 6.78. The Kier molecular flexibility index (Phi) is 8.44. The lowest BCUT2D eigenvalue weighted by molar-refractivity contribution is 0.0629. The van der Waals surface area contributed by atoms with E-state index in [2.05, 4.69) is 10.4 Å². The minimum atomic E-state index is -3.42. The van der Waals surface area contributed by atoms with Crippen LogP contribution >= 0.6 is 23.4 Å². The molecular weight excluding hydrogens is 543 g/mol. The van der Waals surface area contributed by atoms with Crippen molar-refractivity contribution in [3.8, 4) is 0 Å². The zero-order chi connectivity index (χ0) is 27.0. The van der Waals surface area contributed by atoms with Crippen LogP contribution in [0.25, 0.3) is 0 Å². The zero-order valence-corrected chi connectivity index (χ0v) is 23.1. The average molecular weight is 575 g/mol. The Bertz CT molecular complexity index is 1260. The van der Waals surface area contributed by atoms with Gasteiger partial charge in [-0.3, -0.25) is 13.7 Å². The van der Waals surface area contributed by atoms with Crippen LogP contribution in [0.5, 0.6) is 0 Å². The monoisotopic (exact) mass is 574 g/mol. The molecule has 13 heteroatoms. The van der Waals surface area contributed by atoms with Gasteiger partial charge in [-0.25, -0.2) is 4.39 Å². The Balaban J connectivity index is 1.35. The molecule has 37 heavy (non-hydrogen) atoms. The van der Waals surface area contributed by atoms with Crippen LogP contribution in [0.4, 0.5) is 15.9 Å². The standard InChI is InChI=1S/C24H32ClFN4O5S2/c1-30-22(27)20(23(31)28-17-4-5-19(26)18(25)10-17)21(29-30)14-8-15-11-24(32,12-16(15)9-14)13-36-7-3-6-35-37(2,33)34/h4-5,10,14-16,32H,3,6-9,11-13,27H2,1-2H3,(H,28,31). The second-order valence-corrected chi connectivity index (χ2v) is 13.3. The first-order valence-corrected chi connectivity index (χ1v) is 15.4. The number of nitrogens with one attached hydrogen (secondary N) is 1. The van der Waals surface area contributed by atoms with Gasteiger partial charge in [0.15, 0.2) is 0 Å². The fourth-order valence-corrected chi connectivity index (χ4v) is 7.27. The first kappa shape index (κ1) is 28.2. The highest BCUT2D eigenvalue weighted by molar-refractivity contribution is 7.99. The van der Waals surface area contributed by atoms with Crippen molar-refractivity contribution in [1.29, 1.82) is 0 Å². The van der Waals surface area contributed by atoms with E-state index in [-0.39, 0.29) is 23.4 Å². The van der Waals surface area contributed by atoms with Gasteiger partial charge in [-0.2, -0.15) is 25.3 Å². The number of thioether (sulfide) groups is 1. The van der Waals surface area contributed by atoms with E-state index in [0.29, 0.717) is 59.5 Å². The largest absolute Gasteiger partial charge is 0.389 e. The maximum absolute atomic E-state index is 13.5. The van der Waals surface area contributed by atoms with Crippen molar-refractivity contribution in [2.45, 2.75) is 43.6 Å². The fourth-order valence-electron chi connectivity index (χ4n) is 5.59. The molecule has 9 nitrogen and oxygen atoms in total. The highest BCUT2D eigenvalue weighted by atomic mass is 35.5. The normalized spacial score (nSPS) is 25.4. The molecule has 0 spiro atoms. The molecular formula is C24H32ClFN4O5S2. The third-order valence-corrected chi connectivity index (χ3v) is 9.34. The van der Waals surface area contributed by atoms with Crippen LogP contribution in [0.1, 0.15) is 54.1 Å². The van der Waals surface area contributed by atoms with Crippen LogP contribution in [0.2, 0.25) is 5.02 Å². The van der Waals surface area contributed by atoms with E-state index in [1.54, 1.807) is 18.8 Å². The number of anilines is 2. The van der Waals surface area contributed by atoms with Gasteiger partial charge in [0, 0.05) is 24.4 Å². The summed E-state index contributed by atoms with van der Waals surface area (Å²) in [4.78, 5) is 13.2. The molecule has 0 aliphatic heterocycles. The number of hydrogen-bond donors (Lipinski definition) is 3. The number of hydrogen-bond acceptors (Lipinski definition) is 8. The van der Waals surface area contributed by atoms with Gasteiger partial charge in [-0.15, -0.1) is 0 Å². The Morgan fingerprint density at radius 1 is 1.38 bits per heavy atom. The van der Waals surface area contributed by atoms with Gasteiger partial charge in [0.25, 0.3) is 16.0 Å². The Morgan fingerprint density at radius 2 is 2.05 bits per heavy atom. The van der Waals surface area contributed by atoms with E-state index in [9.17, 15) is 22.7 Å². The second kappa shape index (κ2) is 11.1. The number of carbonyl (C=O) groups excluding carboxylic acids is 1. The molecule has 0 radical (unpaired) electrons. The van der Waals surface area contributed by atoms with Gasteiger partial charge in [0.1, 0.15) is 17.2 Å². The van der Waals surface area contributed by atoms with Crippen molar-refractivity contribution in [2.24, 2.45) is 18.9 Å². The molecule has 0 bridgehead atoms. The summed E-state index contributed by atoms with van der Waals surface area (Å²) in [5, 5.41) is 18.4. The highest BCUT2D eigenvalue weighted by Crippen LogP contribution is 2.54. The lowest BCUT2D eigenvalue weighted by Crippen LogP contribution is -2.29. The Labute approximate surface area is 225 Å². The van der Waals surface area contributed by atoms with Crippen molar-refractivity contribution in [3.63, 3.8) is 0 Å². The molecule has 1 amide bonds. The molecule has 4 rings (SSSR count). The molecule has 1 aromatic carbocycles.